The SMILES string of the molecule is COc1cc(O)c2c(c1O)C(OC)C1CC(C)(O)OCC1C2=O. The zero-order valence-corrected chi connectivity index (χ0v) is 13.2. The van der Waals surface area contributed by atoms with E-state index in [0.717, 1.165) is 0 Å². The maximum atomic E-state index is 12.8. The van der Waals surface area contributed by atoms with Crippen molar-refractivity contribution in [2.24, 2.45) is 11.8 Å². The molecule has 0 spiro atoms. The van der Waals surface area contributed by atoms with Gasteiger partial charge in [-0.2, -0.15) is 0 Å². The highest BCUT2D eigenvalue weighted by Gasteiger charge is 2.51. The van der Waals surface area contributed by atoms with E-state index < -0.39 is 17.8 Å². The van der Waals surface area contributed by atoms with E-state index in [2.05, 4.69) is 0 Å². The molecular weight excluding hydrogens is 304 g/mol. The molecule has 1 aliphatic carbocycles. The van der Waals surface area contributed by atoms with Crippen LogP contribution in [0.2, 0.25) is 0 Å². The van der Waals surface area contributed by atoms with Crippen molar-refractivity contribution in [3.8, 4) is 17.2 Å². The van der Waals surface area contributed by atoms with Crippen LogP contribution < -0.4 is 4.74 Å². The van der Waals surface area contributed by atoms with Gasteiger partial charge in [0.25, 0.3) is 0 Å². The Hall–Kier alpha value is -1.83. The van der Waals surface area contributed by atoms with Crippen molar-refractivity contribution in [3.63, 3.8) is 0 Å². The second kappa shape index (κ2) is 5.36. The predicted molar refractivity (Wildman–Crippen MR) is 78.6 cm³/mol. The third-order valence-electron chi connectivity index (χ3n) is 4.72. The van der Waals surface area contributed by atoms with Gasteiger partial charge in [-0.05, 0) is 6.92 Å². The number of hydrogen-bond donors (Lipinski definition) is 3. The van der Waals surface area contributed by atoms with Crippen molar-refractivity contribution in [2.45, 2.75) is 25.2 Å². The summed E-state index contributed by atoms with van der Waals surface area (Å²) in [6.45, 7) is 1.56. The van der Waals surface area contributed by atoms with Crippen LogP contribution in [0.15, 0.2) is 6.07 Å². The van der Waals surface area contributed by atoms with Gasteiger partial charge in [0.1, 0.15) is 5.75 Å². The predicted octanol–water partition coefficient (Wildman–Crippen LogP) is 1.35. The molecule has 4 unspecified atom stereocenters. The third-order valence-corrected chi connectivity index (χ3v) is 4.72. The molecule has 0 saturated carbocycles. The number of hydrogen-bond acceptors (Lipinski definition) is 7. The Bertz CT molecular complexity index is 652. The maximum absolute atomic E-state index is 12.8. The number of aliphatic hydroxyl groups is 1. The summed E-state index contributed by atoms with van der Waals surface area (Å²) in [6, 6.07) is 1.21. The highest BCUT2D eigenvalue weighted by molar-refractivity contribution is 6.04. The average molecular weight is 324 g/mol. The van der Waals surface area contributed by atoms with E-state index in [1.54, 1.807) is 0 Å². The van der Waals surface area contributed by atoms with Crippen molar-refractivity contribution in [1.29, 1.82) is 0 Å². The van der Waals surface area contributed by atoms with Crippen LogP contribution in [-0.2, 0) is 9.47 Å². The zero-order chi connectivity index (χ0) is 16.9. The number of phenols is 2. The summed E-state index contributed by atoms with van der Waals surface area (Å²) in [5.74, 6) is -3.06. The van der Waals surface area contributed by atoms with Crippen LogP contribution in [0.4, 0.5) is 0 Å². The normalized spacial score (nSPS) is 33.0. The number of ketones is 1. The molecule has 3 rings (SSSR count). The van der Waals surface area contributed by atoms with Crippen molar-refractivity contribution < 1.29 is 34.3 Å². The van der Waals surface area contributed by atoms with Crippen molar-refractivity contribution in [3.05, 3.63) is 17.2 Å². The van der Waals surface area contributed by atoms with Gasteiger partial charge in [-0.1, -0.05) is 0 Å². The second-order valence-electron chi connectivity index (χ2n) is 6.22. The topological polar surface area (TPSA) is 105 Å². The molecule has 7 heteroatoms. The lowest BCUT2D eigenvalue weighted by Gasteiger charge is -2.45. The van der Waals surface area contributed by atoms with Gasteiger partial charge in [0.05, 0.1) is 31.3 Å². The first-order chi connectivity index (χ1) is 10.8. The van der Waals surface area contributed by atoms with Crippen LogP contribution in [-0.4, -0.2) is 47.7 Å². The Morgan fingerprint density at radius 2 is 2.04 bits per heavy atom. The molecule has 0 bridgehead atoms. The minimum absolute atomic E-state index is 0.0292. The van der Waals surface area contributed by atoms with E-state index in [1.165, 1.54) is 27.2 Å². The van der Waals surface area contributed by atoms with Gasteiger partial charge >= 0.3 is 0 Å². The molecule has 0 aromatic heterocycles. The molecule has 7 nitrogen and oxygen atoms in total. The van der Waals surface area contributed by atoms with E-state index in [4.69, 9.17) is 14.2 Å². The number of carbonyl (C=O) groups excluding carboxylic acids is 1. The van der Waals surface area contributed by atoms with Gasteiger partial charge in [0.2, 0.25) is 0 Å². The summed E-state index contributed by atoms with van der Waals surface area (Å²) in [7, 11) is 2.82. The van der Waals surface area contributed by atoms with Crippen molar-refractivity contribution in [1.82, 2.24) is 0 Å². The fourth-order valence-electron chi connectivity index (χ4n) is 3.66. The molecule has 1 saturated heterocycles. The quantitative estimate of drug-likeness (QED) is 0.705. The first-order valence-corrected chi connectivity index (χ1v) is 7.37. The highest BCUT2D eigenvalue weighted by Crippen LogP contribution is 2.53. The van der Waals surface area contributed by atoms with Crippen molar-refractivity contribution >= 4 is 5.78 Å². The molecule has 126 valence electrons. The number of aromatic hydroxyl groups is 2. The summed E-state index contributed by atoms with van der Waals surface area (Å²) in [6.07, 6.45) is -0.484. The molecule has 1 aromatic carbocycles. The Balaban J connectivity index is 2.20. The molecule has 0 radical (unpaired) electrons. The minimum Gasteiger partial charge on any atom is -0.507 e. The lowest BCUT2D eigenvalue weighted by molar-refractivity contribution is -0.243. The monoisotopic (exact) mass is 324 g/mol. The van der Waals surface area contributed by atoms with Crippen LogP contribution in [0.25, 0.3) is 0 Å². The number of ether oxygens (including phenoxy) is 3. The fourth-order valence-corrected chi connectivity index (χ4v) is 3.66. The van der Waals surface area contributed by atoms with Gasteiger partial charge in [-0.15, -0.1) is 0 Å². The molecule has 1 heterocycles. The van der Waals surface area contributed by atoms with Gasteiger partial charge < -0.3 is 29.5 Å². The minimum atomic E-state index is -1.37. The molecule has 4 atom stereocenters. The molecule has 1 aliphatic heterocycles. The van der Waals surface area contributed by atoms with E-state index in [9.17, 15) is 20.1 Å². The fraction of sp³-hybridized carbons (Fsp3) is 0.562. The van der Waals surface area contributed by atoms with Gasteiger partial charge in [0.15, 0.2) is 23.1 Å². The summed E-state index contributed by atoms with van der Waals surface area (Å²) in [4.78, 5) is 12.8. The van der Waals surface area contributed by atoms with E-state index >= 15 is 0 Å². The smallest absolute Gasteiger partial charge is 0.172 e. The number of rotatable bonds is 2. The Kier molecular flexibility index (Phi) is 3.74. The van der Waals surface area contributed by atoms with Crippen LogP contribution in [0.5, 0.6) is 17.2 Å². The van der Waals surface area contributed by atoms with Gasteiger partial charge in [0, 0.05) is 31.1 Å². The van der Waals surface area contributed by atoms with Gasteiger partial charge in [-0.25, -0.2) is 0 Å². The molecule has 2 aliphatic rings. The number of phenolic OH excluding ortho intramolecular Hbond substituents is 2. The van der Waals surface area contributed by atoms with Crippen LogP contribution in [0, 0.1) is 11.8 Å². The highest BCUT2D eigenvalue weighted by atomic mass is 16.6. The van der Waals surface area contributed by atoms with Crippen LogP contribution in [0.3, 0.4) is 0 Å². The first kappa shape index (κ1) is 16.0. The molecular formula is C16H20O7. The summed E-state index contributed by atoms with van der Waals surface area (Å²) in [5.41, 5.74) is 0.231. The average Bonchev–Trinajstić information content (AvgIpc) is 2.49. The zero-order valence-electron chi connectivity index (χ0n) is 13.2. The van der Waals surface area contributed by atoms with Crippen LogP contribution >= 0.6 is 0 Å². The van der Waals surface area contributed by atoms with E-state index in [-0.39, 0.29) is 53.1 Å². The van der Waals surface area contributed by atoms with E-state index in [0.29, 0.717) is 0 Å². The Labute approximate surface area is 133 Å². The van der Waals surface area contributed by atoms with Crippen molar-refractivity contribution in [2.75, 3.05) is 20.8 Å². The molecule has 23 heavy (non-hydrogen) atoms. The molecule has 0 amide bonds. The summed E-state index contributed by atoms with van der Waals surface area (Å²) < 4.78 is 15.9. The molecule has 1 fully saturated rings. The standard InChI is InChI=1S/C16H20O7/c1-16(20)5-7-8(6-23-16)13(18)11-9(17)4-10(21-2)14(19)12(11)15(7)22-3/h4,7-8,15,17,19-20H,5-6H2,1-3H3. The number of fused-ring (bicyclic) bond motifs is 2. The number of Topliss-reactive ketones (excluding diaryl/α,β-unsaturated/α-hetero) is 1. The van der Waals surface area contributed by atoms with E-state index in [1.807, 2.05) is 0 Å². The van der Waals surface area contributed by atoms with Crippen LogP contribution in [0.1, 0.15) is 35.4 Å². The molecule has 3 N–H and O–H groups in total. The van der Waals surface area contributed by atoms with Gasteiger partial charge in [-0.3, -0.25) is 4.79 Å². The number of methoxy groups -OCH3 is 2. The lowest BCUT2D eigenvalue weighted by Crippen LogP contribution is -2.49. The number of benzene rings is 1. The largest absolute Gasteiger partial charge is 0.507 e. The number of carbonyl (C=O) groups is 1. The molecule has 1 aromatic rings. The maximum Gasteiger partial charge on any atom is 0.172 e. The lowest BCUT2D eigenvalue weighted by atomic mass is 9.69. The summed E-state index contributed by atoms with van der Waals surface area (Å²) in [5, 5.41) is 30.8. The summed E-state index contributed by atoms with van der Waals surface area (Å²) >= 11 is 0. The second-order valence-corrected chi connectivity index (χ2v) is 6.22. The Morgan fingerprint density at radius 1 is 1.35 bits per heavy atom. The third kappa shape index (κ3) is 2.36. The Morgan fingerprint density at radius 3 is 2.65 bits per heavy atom. The first-order valence-electron chi connectivity index (χ1n) is 7.37.